The molecule has 9 nitrogen and oxygen atoms in total. The first-order chi connectivity index (χ1) is 16.7. The van der Waals surface area contributed by atoms with Crippen LogP contribution >= 0.6 is 0 Å². The van der Waals surface area contributed by atoms with E-state index in [2.05, 4.69) is 20.8 Å². The number of aryl methyl sites for hydroxylation is 1. The summed E-state index contributed by atoms with van der Waals surface area (Å²) in [4.78, 5) is 21.8. The number of hydrogen-bond acceptors (Lipinski definition) is 7. The van der Waals surface area contributed by atoms with Gasteiger partial charge in [0.2, 0.25) is 0 Å². The number of carbonyl (C=O) groups excluding carboxylic acids is 1. The van der Waals surface area contributed by atoms with Crippen molar-refractivity contribution in [2.75, 3.05) is 18.5 Å². The number of carbonyl (C=O) groups is 1. The Balaban J connectivity index is 1.71. The van der Waals surface area contributed by atoms with Gasteiger partial charge in [-0.2, -0.15) is 5.10 Å². The Bertz CT molecular complexity index is 1330. The molecule has 0 bridgehead atoms. The third-order valence-electron chi connectivity index (χ3n) is 4.94. The molecule has 35 heavy (non-hydrogen) atoms. The fourth-order valence-corrected chi connectivity index (χ4v) is 3.63. The van der Waals surface area contributed by atoms with Gasteiger partial charge in [0.05, 0.1) is 29.4 Å². The van der Waals surface area contributed by atoms with Crippen molar-refractivity contribution in [2.24, 2.45) is 0 Å². The first-order valence-corrected chi connectivity index (χ1v) is 11.5. The molecule has 0 spiro atoms. The molecule has 2 aromatic heterocycles. The molecule has 0 fully saturated rings. The smallest absolute Gasteiger partial charge is 0.258 e. The fourth-order valence-electron chi connectivity index (χ4n) is 3.63. The van der Waals surface area contributed by atoms with Crippen molar-refractivity contribution in [2.45, 2.75) is 40.2 Å². The largest absolute Gasteiger partial charge is 0.493 e. The van der Waals surface area contributed by atoms with Gasteiger partial charge in [0, 0.05) is 17.3 Å². The summed E-state index contributed by atoms with van der Waals surface area (Å²) in [7, 11) is 0. The molecule has 0 radical (unpaired) electrons. The summed E-state index contributed by atoms with van der Waals surface area (Å²) >= 11 is 0. The number of rotatable bonds is 8. The molecule has 0 aliphatic rings. The van der Waals surface area contributed by atoms with Gasteiger partial charge in [-0.25, -0.2) is 9.97 Å². The van der Waals surface area contributed by atoms with E-state index in [1.54, 1.807) is 18.5 Å². The minimum Gasteiger partial charge on any atom is -0.493 e. The van der Waals surface area contributed by atoms with Crippen LogP contribution in [0.3, 0.4) is 0 Å². The monoisotopic (exact) mass is 474 g/mol. The molecule has 182 valence electrons. The van der Waals surface area contributed by atoms with Gasteiger partial charge in [0.1, 0.15) is 17.3 Å². The van der Waals surface area contributed by atoms with Crippen molar-refractivity contribution in [3.63, 3.8) is 0 Å². The number of amides is 1. The zero-order valence-electron chi connectivity index (χ0n) is 20.6. The molecule has 4 rings (SSSR count). The number of H-pyrrole nitrogens is 1. The van der Waals surface area contributed by atoms with Gasteiger partial charge in [-0.15, -0.1) is 0 Å². The topological polar surface area (TPSA) is 114 Å². The maximum absolute atomic E-state index is 12.2. The average Bonchev–Trinajstić information content (AvgIpc) is 3.29. The van der Waals surface area contributed by atoms with Gasteiger partial charge in [0.15, 0.2) is 12.4 Å². The van der Waals surface area contributed by atoms with Crippen molar-refractivity contribution in [1.29, 1.82) is 0 Å². The van der Waals surface area contributed by atoms with Crippen molar-refractivity contribution in [3.8, 4) is 22.9 Å². The van der Waals surface area contributed by atoms with E-state index in [4.69, 9.17) is 19.4 Å². The molecular weight excluding hydrogens is 444 g/mol. The van der Waals surface area contributed by atoms with Gasteiger partial charge in [-0.3, -0.25) is 9.89 Å². The number of aromatic nitrogens is 4. The van der Waals surface area contributed by atoms with Gasteiger partial charge < -0.3 is 20.1 Å². The van der Waals surface area contributed by atoms with Crippen molar-refractivity contribution in [3.05, 3.63) is 54.4 Å². The standard InChI is InChI=1S/C26H30N6O3/c1-6-34-21-11-16(2)10-20-23(21)25(29-18-13-27-28-14-18)31-24(30-20)17-8-7-9-19(12-17)35-15-22(33)32-26(3,4)5/h7-14H,6,15H2,1-5H3,(H,27,28)(H,32,33)(H,29,30,31). The lowest BCUT2D eigenvalue weighted by Gasteiger charge is -2.20. The molecule has 3 N–H and O–H groups in total. The molecule has 2 heterocycles. The Kier molecular flexibility index (Phi) is 6.86. The highest BCUT2D eigenvalue weighted by Crippen LogP contribution is 2.35. The van der Waals surface area contributed by atoms with Crippen LogP contribution in [0.1, 0.15) is 33.3 Å². The SMILES string of the molecule is CCOc1cc(C)cc2nc(-c3cccc(OCC(=O)NC(C)(C)C)c3)nc(Nc3cn[nH]c3)c12. The van der Waals surface area contributed by atoms with Gasteiger partial charge in [0.25, 0.3) is 5.91 Å². The number of aromatic amines is 1. The average molecular weight is 475 g/mol. The number of benzene rings is 2. The van der Waals surface area contributed by atoms with E-state index in [0.717, 1.165) is 27.7 Å². The highest BCUT2D eigenvalue weighted by molar-refractivity contribution is 5.97. The van der Waals surface area contributed by atoms with Gasteiger partial charge in [-0.05, 0) is 64.4 Å². The first kappa shape index (κ1) is 24.0. The molecule has 1 amide bonds. The summed E-state index contributed by atoms with van der Waals surface area (Å²) in [6.07, 6.45) is 3.43. The molecule has 0 unspecified atom stereocenters. The molecule has 0 saturated heterocycles. The number of nitrogens with zero attached hydrogens (tertiary/aromatic N) is 3. The fraction of sp³-hybridized carbons (Fsp3) is 0.308. The van der Waals surface area contributed by atoms with Crippen LogP contribution in [0.5, 0.6) is 11.5 Å². The second kappa shape index (κ2) is 10.0. The quantitative estimate of drug-likeness (QED) is 0.337. The molecule has 2 aromatic carbocycles. The number of ether oxygens (including phenoxy) is 2. The van der Waals surface area contributed by atoms with Crippen LogP contribution in [-0.4, -0.2) is 44.8 Å². The van der Waals surface area contributed by atoms with Crippen molar-refractivity contribution in [1.82, 2.24) is 25.5 Å². The zero-order valence-corrected chi connectivity index (χ0v) is 20.6. The predicted octanol–water partition coefficient (Wildman–Crippen LogP) is 4.76. The molecule has 0 atom stereocenters. The highest BCUT2D eigenvalue weighted by atomic mass is 16.5. The predicted molar refractivity (Wildman–Crippen MR) is 136 cm³/mol. The Morgan fingerprint density at radius 1 is 1.11 bits per heavy atom. The summed E-state index contributed by atoms with van der Waals surface area (Å²) in [6, 6.07) is 11.4. The van der Waals surface area contributed by atoms with Crippen LogP contribution in [0, 0.1) is 6.92 Å². The maximum Gasteiger partial charge on any atom is 0.258 e. The van der Waals surface area contributed by atoms with E-state index in [-0.39, 0.29) is 18.1 Å². The lowest BCUT2D eigenvalue weighted by atomic mass is 10.1. The Labute approximate surface area is 204 Å². The third kappa shape index (κ3) is 6.06. The normalized spacial score (nSPS) is 11.3. The van der Waals surface area contributed by atoms with Crippen LogP contribution in [-0.2, 0) is 4.79 Å². The zero-order chi connectivity index (χ0) is 25.0. The number of hydrogen-bond donors (Lipinski definition) is 3. The Morgan fingerprint density at radius 2 is 1.94 bits per heavy atom. The van der Waals surface area contributed by atoms with Gasteiger partial charge in [-0.1, -0.05) is 12.1 Å². The molecule has 0 aliphatic carbocycles. The van der Waals surface area contributed by atoms with Crippen LogP contribution < -0.4 is 20.1 Å². The first-order valence-electron chi connectivity index (χ1n) is 11.5. The van der Waals surface area contributed by atoms with E-state index >= 15 is 0 Å². The van der Waals surface area contributed by atoms with E-state index in [0.29, 0.717) is 29.7 Å². The number of anilines is 2. The van der Waals surface area contributed by atoms with Crippen LogP contribution in [0.25, 0.3) is 22.3 Å². The van der Waals surface area contributed by atoms with Crippen molar-refractivity contribution >= 4 is 28.3 Å². The molecule has 4 aromatic rings. The van der Waals surface area contributed by atoms with Crippen LogP contribution in [0.2, 0.25) is 0 Å². The summed E-state index contributed by atoms with van der Waals surface area (Å²) in [5, 5.41) is 13.8. The highest BCUT2D eigenvalue weighted by Gasteiger charge is 2.17. The van der Waals surface area contributed by atoms with Crippen molar-refractivity contribution < 1.29 is 14.3 Å². The summed E-state index contributed by atoms with van der Waals surface area (Å²) in [5.41, 5.74) is 2.98. The lowest BCUT2D eigenvalue weighted by molar-refractivity contribution is -0.124. The Morgan fingerprint density at radius 3 is 2.66 bits per heavy atom. The summed E-state index contributed by atoms with van der Waals surface area (Å²) < 4.78 is 11.6. The third-order valence-corrected chi connectivity index (χ3v) is 4.94. The molecular formula is C26H30N6O3. The second-order valence-electron chi connectivity index (χ2n) is 9.21. The van der Waals surface area contributed by atoms with Crippen LogP contribution in [0.4, 0.5) is 11.5 Å². The van der Waals surface area contributed by atoms with E-state index in [1.165, 1.54) is 0 Å². The minimum atomic E-state index is -0.321. The maximum atomic E-state index is 12.2. The Hall–Kier alpha value is -4.14. The van der Waals surface area contributed by atoms with E-state index in [1.807, 2.05) is 65.0 Å². The van der Waals surface area contributed by atoms with Crippen LogP contribution in [0.15, 0.2) is 48.8 Å². The summed E-state index contributed by atoms with van der Waals surface area (Å²) in [5.74, 6) is 2.20. The summed E-state index contributed by atoms with van der Waals surface area (Å²) in [6.45, 7) is 10.2. The second-order valence-corrected chi connectivity index (χ2v) is 9.21. The number of nitrogens with one attached hydrogen (secondary N) is 3. The minimum absolute atomic E-state index is 0.0799. The lowest BCUT2D eigenvalue weighted by Crippen LogP contribution is -2.43. The van der Waals surface area contributed by atoms with Gasteiger partial charge >= 0.3 is 0 Å². The molecule has 0 aliphatic heterocycles. The molecule has 0 saturated carbocycles. The number of fused-ring (bicyclic) bond motifs is 1. The molecule has 9 heteroatoms. The van der Waals surface area contributed by atoms with E-state index < -0.39 is 0 Å². The van der Waals surface area contributed by atoms with E-state index in [9.17, 15) is 4.79 Å².